The van der Waals surface area contributed by atoms with E-state index in [4.69, 9.17) is 4.74 Å². The summed E-state index contributed by atoms with van der Waals surface area (Å²) in [6.45, 7) is 3.54. The van der Waals surface area contributed by atoms with Gasteiger partial charge in [0.2, 0.25) is 0 Å². The lowest BCUT2D eigenvalue weighted by Gasteiger charge is -2.37. The fourth-order valence-electron chi connectivity index (χ4n) is 2.55. The van der Waals surface area contributed by atoms with Crippen LogP contribution in [0.1, 0.15) is 18.6 Å². The van der Waals surface area contributed by atoms with Crippen LogP contribution < -0.4 is 4.90 Å². The van der Waals surface area contributed by atoms with E-state index in [2.05, 4.69) is 22.0 Å². The normalized spacial score (nSPS) is 22.8. The number of rotatable bonds is 2. The molecule has 2 heterocycles. The average molecular weight is 272 g/mol. The second-order valence-electron chi connectivity index (χ2n) is 5.09. The van der Waals surface area contributed by atoms with Gasteiger partial charge < -0.3 is 9.64 Å². The van der Waals surface area contributed by atoms with Gasteiger partial charge in [-0.15, -0.1) is 0 Å². The topological polar surface area (TPSA) is 25.4 Å². The van der Waals surface area contributed by atoms with Crippen molar-refractivity contribution in [2.75, 3.05) is 18.0 Å². The zero-order valence-electron chi connectivity index (χ0n) is 11.4. The maximum Gasteiger partial charge on any atom is 0.141 e. The fourth-order valence-corrected chi connectivity index (χ4v) is 2.55. The molecule has 20 heavy (non-hydrogen) atoms. The first-order chi connectivity index (χ1) is 9.72. The summed E-state index contributed by atoms with van der Waals surface area (Å²) in [5.74, 6) is 0.483. The first kappa shape index (κ1) is 13.1. The molecule has 0 aliphatic carbocycles. The van der Waals surface area contributed by atoms with E-state index < -0.39 is 0 Å². The fraction of sp³-hybridized carbons (Fsp3) is 0.312. The Labute approximate surface area is 118 Å². The predicted molar refractivity (Wildman–Crippen MR) is 76.1 cm³/mol. The molecule has 4 heteroatoms. The highest BCUT2D eigenvalue weighted by molar-refractivity contribution is 5.39. The summed E-state index contributed by atoms with van der Waals surface area (Å²) in [5, 5.41) is 0. The van der Waals surface area contributed by atoms with Gasteiger partial charge in [0, 0.05) is 13.1 Å². The molecule has 0 radical (unpaired) electrons. The summed E-state index contributed by atoms with van der Waals surface area (Å²) in [7, 11) is 0. The van der Waals surface area contributed by atoms with Crippen LogP contribution in [0.5, 0.6) is 0 Å². The van der Waals surface area contributed by atoms with Crippen LogP contribution in [0.2, 0.25) is 0 Å². The highest BCUT2D eigenvalue weighted by Crippen LogP contribution is 2.27. The van der Waals surface area contributed by atoms with Crippen molar-refractivity contribution < 1.29 is 9.13 Å². The van der Waals surface area contributed by atoms with Crippen LogP contribution in [0.3, 0.4) is 0 Å². The largest absolute Gasteiger partial charge is 0.367 e. The number of pyridine rings is 1. The molecule has 0 amide bonds. The number of benzene rings is 1. The maximum atomic E-state index is 13.0. The molecule has 104 valence electrons. The van der Waals surface area contributed by atoms with Crippen LogP contribution >= 0.6 is 0 Å². The van der Waals surface area contributed by atoms with Gasteiger partial charge in [-0.05, 0) is 24.6 Å². The number of aromatic nitrogens is 1. The van der Waals surface area contributed by atoms with Gasteiger partial charge in [0.25, 0.3) is 0 Å². The van der Waals surface area contributed by atoms with Gasteiger partial charge in [-0.3, -0.25) is 0 Å². The minimum atomic E-state index is -0.310. The maximum absolute atomic E-state index is 13.0. The van der Waals surface area contributed by atoms with Gasteiger partial charge in [-0.25, -0.2) is 9.37 Å². The van der Waals surface area contributed by atoms with E-state index in [0.717, 1.165) is 24.5 Å². The van der Waals surface area contributed by atoms with E-state index in [9.17, 15) is 4.39 Å². The Bertz CT molecular complexity index is 558. The molecular weight excluding hydrogens is 255 g/mol. The second kappa shape index (κ2) is 5.59. The van der Waals surface area contributed by atoms with Crippen LogP contribution in [0.25, 0.3) is 0 Å². The van der Waals surface area contributed by atoms with Crippen LogP contribution in [-0.2, 0) is 4.74 Å². The number of morpholine rings is 1. The molecule has 2 unspecified atom stereocenters. The Morgan fingerprint density at radius 3 is 2.65 bits per heavy atom. The van der Waals surface area contributed by atoms with E-state index >= 15 is 0 Å². The van der Waals surface area contributed by atoms with Crippen molar-refractivity contribution in [2.45, 2.75) is 19.1 Å². The van der Waals surface area contributed by atoms with Gasteiger partial charge >= 0.3 is 0 Å². The van der Waals surface area contributed by atoms with Gasteiger partial charge in [0.1, 0.15) is 17.7 Å². The molecule has 0 N–H and O–H groups in total. The van der Waals surface area contributed by atoms with E-state index in [1.54, 1.807) is 6.07 Å². The summed E-state index contributed by atoms with van der Waals surface area (Å²) in [4.78, 5) is 6.30. The molecule has 1 aromatic carbocycles. The van der Waals surface area contributed by atoms with Crippen molar-refractivity contribution in [3.05, 3.63) is 60.0 Å². The van der Waals surface area contributed by atoms with Crippen LogP contribution in [0, 0.1) is 5.82 Å². The summed E-state index contributed by atoms with van der Waals surface area (Å²) >= 11 is 0. The van der Waals surface area contributed by atoms with Gasteiger partial charge in [0.15, 0.2) is 0 Å². The van der Waals surface area contributed by atoms with E-state index in [-0.39, 0.29) is 18.0 Å². The van der Waals surface area contributed by atoms with Crippen molar-refractivity contribution >= 4 is 5.82 Å². The Morgan fingerprint density at radius 1 is 1.15 bits per heavy atom. The van der Waals surface area contributed by atoms with E-state index in [1.807, 2.05) is 25.1 Å². The monoisotopic (exact) mass is 272 g/mol. The molecule has 0 bridgehead atoms. The van der Waals surface area contributed by atoms with Gasteiger partial charge in [0.05, 0.1) is 12.3 Å². The standard InChI is InChI=1S/C16H17FN2O/c1-12-10-19(16-8-7-14(17)9-18-16)11-15(20-12)13-5-3-2-4-6-13/h2-9,12,15H,10-11H2,1H3. The molecule has 2 atom stereocenters. The number of halogens is 1. The zero-order valence-corrected chi connectivity index (χ0v) is 11.4. The molecule has 3 nitrogen and oxygen atoms in total. The van der Waals surface area contributed by atoms with Crippen molar-refractivity contribution in [3.63, 3.8) is 0 Å². The summed E-state index contributed by atoms with van der Waals surface area (Å²) in [6.07, 6.45) is 1.39. The third-order valence-corrected chi connectivity index (χ3v) is 3.47. The number of anilines is 1. The first-order valence-electron chi connectivity index (χ1n) is 6.79. The average Bonchev–Trinajstić information content (AvgIpc) is 2.48. The minimum absolute atomic E-state index is 0.0202. The second-order valence-corrected chi connectivity index (χ2v) is 5.09. The predicted octanol–water partition coefficient (Wildman–Crippen LogP) is 3.19. The van der Waals surface area contributed by atoms with Crippen molar-refractivity contribution in [1.29, 1.82) is 0 Å². The van der Waals surface area contributed by atoms with Crippen LogP contribution in [0.4, 0.5) is 10.2 Å². The van der Waals surface area contributed by atoms with Crippen LogP contribution in [-0.4, -0.2) is 24.2 Å². The number of hydrogen-bond acceptors (Lipinski definition) is 3. The molecule has 1 aliphatic rings. The third-order valence-electron chi connectivity index (χ3n) is 3.47. The molecule has 1 fully saturated rings. The molecule has 0 spiro atoms. The highest BCUT2D eigenvalue weighted by Gasteiger charge is 2.27. The molecular formula is C16H17FN2O. The number of nitrogens with zero attached hydrogens (tertiary/aromatic N) is 2. The first-order valence-corrected chi connectivity index (χ1v) is 6.79. The van der Waals surface area contributed by atoms with E-state index in [1.165, 1.54) is 12.3 Å². The summed E-state index contributed by atoms with van der Waals surface area (Å²) in [6, 6.07) is 13.3. The molecule has 3 rings (SSSR count). The van der Waals surface area contributed by atoms with Crippen molar-refractivity contribution in [3.8, 4) is 0 Å². The smallest absolute Gasteiger partial charge is 0.141 e. The Kier molecular flexibility index (Phi) is 3.65. The minimum Gasteiger partial charge on any atom is -0.367 e. The Hall–Kier alpha value is -1.94. The lowest BCUT2D eigenvalue weighted by Crippen LogP contribution is -2.43. The molecule has 2 aromatic rings. The molecule has 0 saturated carbocycles. The number of hydrogen-bond donors (Lipinski definition) is 0. The quantitative estimate of drug-likeness (QED) is 0.839. The molecule has 1 aliphatic heterocycles. The zero-order chi connectivity index (χ0) is 13.9. The highest BCUT2D eigenvalue weighted by atomic mass is 19.1. The summed E-state index contributed by atoms with van der Waals surface area (Å²) < 4.78 is 19.0. The van der Waals surface area contributed by atoms with Gasteiger partial charge in [-0.2, -0.15) is 0 Å². The Balaban J connectivity index is 1.81. The summed E-state index contributed by atoms with van der Waals surface area (Å²) in [5.41, 5.74) is 1.16. The molecule has 1 saturated heterocycles. The van der Waals surface area contributed by atoms with Crippen molar-refractivity contribution in [1.82, 2.24) is 4.98 Å². The lowest BCUT2D eigenvalue weighted by molar-refractivity contribution is -0.0176. The SMILES string of the molecule is CC1CN(c2ccc(F)cn2)CC(c2ccccc2)O1. The third kappa shape index (κ3) is 2.80. The van der Waals surface area contributed by atoms with Gasteiger partial charge in [-0.1, -0.05) is 30.3 Å². The Morgan fingerprint density at radius 2 is 1.95 bits per heavy atom. The lowest BCUT2D eigenvalue weighted by atomic mass is 10.1. The van der Waals surface area contributed by atoms with Crippen molar-refractivity contribution in [2.24, 2.45) is 0 Å². The molecule has 1 aromatic heterocycles. The van der Waals surface area contributed by atoms with E-state index in [0.29, 0.717) is 0 Å². The number of ether oxygens (including phenoxy) is 1. The van der Waals surface area contributed by atoms with Crippen LogP contribution in [0.15, 0.2) is 48.7 Å².